The summed E-state index contributed by atoms with van der Waals surface area (Å²) < 4.78 is 11.3. The quantitative estimate of drug-likeness (QED) is 0.783. The molecule has 0 aliphatic carbocycles. The fraction of sp³-hybridized carbons (Fsp3) is 0.474. The summed E-state index contributed by atoms with van der Waals surface area (Å²) in [6.07, 6.45) is 3.62. The smallest absolute Gasteiger partial charge is 0.264 e. The Labute approximate surface area is 147 Å². The molecule has 2 aromatic rings. The highest BCUT2D eigenvalue weighted by atomic mass is 16.5. The first-order valence-electron chi connectivity index (χ1n) is 8.78. The highest BCUT2D eigenvalue weighted by Gasteiger charge is 2.19. The maximum Gasteiger partial charge on any atom is 0.264 e. The molecule has 134 valence electrons. The fourth-order valence-electron chi connectivity index (χ4n) is 3.25. The molecule has 1 saturated heterocycles. The van der Waals surface area contributed by atoms with E-state index in [-0.39, 0.29) is 5.56 Å². The molecule has 1 N–H and O–H groups in total. The summed E-state index contributed by atoms with van der Waals surface area (Å²) in [6.45, 7) is 5.26. The van der Waals surface area contributed by atoms with E-state index in [1.54, 1.807) is 13.2 Å². The lowest BCUT2D eigenvalue weighted by atomic mass is 10.1. The number of nitrogens with one attached hydrogen (secondary N) is 1. The van der Waals surface area contributed by atoms with Crippen molar-refractivity contribution in [3.05, 3.63) is 40.7 Å². The van der Waals surface area contributed by atoms with Gasteiger partial charge >= 0.3 is 0 Å². The first-order valence-corrected chi connectivity index (χ1v) is 8.78. The van der Waals surface area contributed by atoms with E-state index in [0.717, 1.165) is 24.3 Å². The van der Waals surface area contributed by atoms with E-state index >= 15 is 0 Å². The summed E-state index contributed by atoms with van der Waals surface area (Å²) in [5.41, 5.74) is 1.25. The highest BCUT2D eigenvalue weighted by molar-refractivity contribution is 5.68. The van der Waals surface area contributed by atoms with E-state index in [1.807, 2.05) is 18.2 Å². The molecule has 1 aromatic heterocycles. The number of likely N-dealkylation sites (tertiary alicyclic amines) is 1. The maximum atomic E-state index is 11.2. The number of nitrogens with zero attached hydrogens (tertiary/aromatic N) is 2. The van der Waals surface area contributed by atoms with Crippen molar-refractivity contribution in [1.29, 1.82) is 0 Å². The van der Waals surface area contributed by atoms with E-state index in [2.05, 4.69) is 22.0 Å². The van der Waals surface area contributed by atoms with Gasteiger partial charge in [0.1, 0.15) is 11.5 Å². The fourth-order valence-corrected chi connectivity index (χ4v) is 3.25. The van der Waals surface area contributed by atoms with E-state index in [9.17, 15) is 4.79 Å². The van der Waals surface area contributed by atoms with Crippen LogP contribution in [0.1, 0.15) is 26.2 Å². The molecule has 0 bridgehead atoms. The van der Waals surface area contributed by atoms with E-state index < -0.39 is 0 Å². The predicted octanol–water partition coefficient (Wildman–Crippen LogP) is 2.70. The number of benzene rings is 1. The number of ether oxygens (including phenoxy) is 2. The molecule has 6 nitrogen and oxygen atoms in total. The molecule has 25 heavy (non-hydrogen) atoms. The lowest BCUT2D eigenvalue weighted by molar-refractivity contribution is 0.230. The molecule has 1 atom stereocenters. The van der Waals surface area contributed by atoms with Crippen LogP contribution in [0.2, 0.25) is 0 Å². The SMILES string of the molecule is COc1cc(OCCCN2CCC[C@H]2C)ccc1-c1ccc(=O)[nH]n1. The second kappa shape index (κ2) is 8.16. The minimum atomic E-state index is -0.227. The second-order valence-electron chi connectivity index (χ2n) is 6.40. The second-order valence-corrected chi connectivity index (χ2v) is 6.40. The van der Waals surface area contributed by atoms with E-state index in [0.29, 0.717) is 24.1 Å². The van der Waals surface area contributed by atoms with Crippen LogP contribution in [0, 0.1) is 0 Å². The Morgan fingerprint density at radius 1 is 1.32 bits per heavy atom. The number of H-pyrrole nitrogens is 1. The van der Waals surface area contributed by atoms with Crippen LogP contribution >= 0.6 is 0 Å². The minimum absolute atomic E-state index is 0.227. The average Bonchev–Trinajstić information content (AvgIpc) is 3.04. The minimum Gasteiger partial charge on any atom is -0.496 e. The Morgan fingerprint density at radius 2 is 2.20 bits per heavy atom. The van der Waals surface area contributed by atoms with Crippen LogP contribution in [0.15, 0.2) is 35.1 Å². The van der Waals surface area contributed by atoms with Gasteiger partial charge in [-0.1, -0.05) is 0 Å². The number of aromatic amines is 1. The predicted molar refractivity (Wildman–Crippen MR) is 97.2 cm³/mol. The third-order valence-corrected chi connectivity index (χ3v) is 4.68. The summed E-state index contributed by atoms with van der Waals surface area (Å²) in [7, 11) is 1.61. The molecule has 3 rings (SSSR count). The number of methoxy groups -OCH3 is 1. The molecule has 6 heteroatoms. The lowest BCUT2D eigenvalue weighted by Gasteiger charge is -2.20. The molecule has 0 radical (unpaired) electrons. The highest BCUT2D eigenvalue weighted by Crippen LogP contribution is 2.31. The summed E-state index contributed by atoms with van der Waals surface area (Å²) in [4.78, 5) is 13.7. The number of hydrogen-bond donors (Lipinski definition) is 1. The van der Waals surface area contributed by atoms with Gasteiger partial charge < -0.3 is 14.4 Å². The van der Waals surface area contributed by atoms with Crippen LogP contribution in [0.4, 0.5) is 0 Å². The van der Waals surface area contributed by atoms with Crippen LogP contribution in [-0.2, 0) is 0 Å². The molecule has 1 aliphatic rings. The Kier molecular flexibility index (Phi) is 5.71. The van der Waals surface area contributed by atoms with E-state index in [4.69, 9.17) is 9.47 Å². The van der Waals surface area contributed by atoms with Gasteiger partial charge in [-0.05, 0) is 50.9 Å². The van der Waals surface area contributed by atoms with Crippen molar-refractivity contribution in [3.8, 4) is 22.8 Å². The summed E-state index contributed by atoms with van der Waals surface area (Å²) >= 11 is 0. The van der Waals surface area contributed by atoms with Crippen LogP contribution in [0.5, 0.6) is 11.5 Å². The van der Waals surface area contributed by atoms with Gasteiger partial charge in [-0.15, -0.1) is 0 Å². The largest absolute Gasteiger partial charge is 0.496 e. The van der Waals surface area contributed by atoms with Crippen molar-refractivity contribution in [2.24, 2.45) is 0 Å². The third kappa shape index (κ3) is 4.39. The Balaban J connectivity index is 1.59. The van der Waals surface area contributed by atoms with Crippen LogP contribution in [0.3, 0.4) is 0 Å². The molecular formula is C19H25N3O3. The zero-order chi connectivity index (χ0) is 17.6. The molecule has 2 heterocycles. The van der Waals surface area contributed by atoms with Gasteiger partial charge in [-0.3, -0.25) is 4.79 Å². The number of rotatable bonds is 7. The number of hydrogen-bond acceptors (Lipinski definition) is 5. The molecular weight excluding hydrogens is 318 g/mol. The van der Waals surface area contributed by atoms with Gasteiger partial charge in [0.2, 0.25) is 0 Å². The van der Waals surface area contributed by atoms with Crippen LogP contribution < -0.4 is 15.0 Å². The van der Waals surface area contributed by atoms with Gasteiger partial charge in [-0.25, -0.2) is 5.10 Å². The summed E-state index contributed by atoms with van der Waals surface area (Å²) in [5.74, 6) is 1.45. The van der Waals surface area contributed by atoms with Gasteiger partial charge in [0.05, 0.1) is 19.4 Å². The molecule has 0 saturated carbocycles. The first-order chi connectivity index (χ1) is 12.2. The van der Waals surface area contributed by atoms with Crippen molar-refractivity contribution in [1.82, 2.24) is 15.1 Å². The van der Waals surface area contributed by atoms with E-state index in [1.165, 1.54) is 25.5 Å². The standard InChI is InChI=1S/C19H25N3O3/c1-14-5-3-10-22(14)11-4-12-25-15-6-7-16(18(13-15)24-2)17-8-9-19(23)21-20-17/h6-9,13-14H,3-5,10-12H2,1-2H3,(H,21,23)/t14-/m1/s1. The lowest BCUT2D eigenvalue weighted by Crippen LogP contribution is -2.28. The van der Waals surface area contributed by atoms with Crippen LogP contribution in [0.25, 0.3) is 11.3 Å². The molecule has 1 aromatic carbocycles. The number of aromatic nitrogens is 2. The van der Waals surface area contributed by atoms with Gasteiger partial charge in [0.25, 0.3) is 5.56 Å². The average molecular weight is 343 g/mol. The van der Waals surface area contributed by atoms with Crippen molar-refractivity contribution in [2.75, 3.05) is 26.8 Å². The summed E-state index contributed by atoms with van der Waals surface area (Å²) in [5, 5.41) is 6.49. The van der Waals surface area contributed by atoms with Crippen molar-refractivity contribution < 1.29 is 9.47 Å². The normalized spacial score (nSPS) is 17.6. The zero-order valence-corrected chi connectivity index (χ0v) is 14.8. The Bertz CT molecular complexity index is 739. The topological polar surface area (TPSA) is 67.5 Å². The molecule has 0 spiro atoms. The van der Waals surface area contributed by atoms with Gasteiger partial charge in [0.15, 0.2) is 0 Å². The first kappa shape index (κ1) is 17.5. The molecule has 0 amide bonds. The molecule has 1 aliphatic heterocycles. The van der Waals surface area contributed by atoms with Gasteiger partial charge in [0, 0.05) is 30.3 Å². The molecule has 1 fully saturated rings. The summed E-state index contributed by atoms with van der Waals surface area (Å²) in [6, 6.07) is 9.49. The van der Waals surface area contributed by atoms with Crippen molar-refractivity contribution >= 4 is 0 Å². The van der Waals surface area contributed by atoms with Gasteiger partial charge in [-0.2, -0.15) is 5.10 Å². The molecule has 0 unspecified atom stereocenters. The Morgan fingerprint density at radius 3 is 2.88 bits per heavy atom. The zero-order valence-electron chi connectivity index (χ0n) is 14.8. The monoisotopic (exact) mass is 343 g/mol. The van der Waals surface area contributed by atoms with Crippen molar-refractivity contribution in [2.45, 2.75) is 32.2 Å². The van der Waals surface area contributed by atoms with Crippen LogP contribution in [-0.4, -0.2) is 47.9 Å². The van der Waals surface area contributed by atoms with Crippen molar-refractivity contribution in [3.63, 3.8) is 0 Å². The Hall–Kier alpha value is -2.34. The third-order valence-electron chi connectivity index (χ3n) is 4.68. The maximum absolute atomic E-state index is 11.2.